The number of thiazole rings is 1. The minimum atomic E-state index is -5.00. The van der Waals surface area contributed by atoms with Crippen LogP contribution in [0.15, 0.2) is 93.9 Å². The highest BCUT2D eigenvalue weighted by Gasteiger charge is 2.45. The van der Waals surface area contributed by atoms with Crippen molar-refractivity contribution in [2.75, 3.05) is 13.7 Å². The van der Waals surface area contributed by atoms with Gasteiger partial charge in [-0.1, -0.05) is 65.4 Å². The smallest absolute Gasteiger partial charge is 0.434 e. The lowest BCUT2D eigenvalue weighted by atomic mass is 9.95. The Morgan fingerprint density at radius 1 is 1.11 bits per heavy atom. The third-order valence-electron chi connectivity index (χ3n) is 7.16. The molecule has 0 spiro atoms. The molecule has 0 unspecified atom stereocenters. The molecule has 1 aliphatic heterocycles. The highest BCUT2D eigenvalue weighted by atomic mass is 35.5. The zero-order valence-electron chi connectivity index (χ0n) is 23.2. The van der Waals surface area contributed by atoms with Gasteiger partial charge in [-0.25, -0.2) is 9.79 Å². The number of fused-ring (bicyclic) bond motifs is 2. The van der Waals surface area contributed by atoms with Gasteiger partial charge in [0.1, 0.15) is 5.75 Å². The van der Waals surface area contributed by atoms with Gasteiger partial charge in [-0.2, -0.15) is 13.2 Å². The summed E-state index contributed by atoms with van der Waals surface area (Å²) in [7, 11) is 1.54. The maximum absolute atomic E-state index is 14.5. The van der Waals surface area contributed by atoms with Crippen LogP contribution in [-0.2, 0) is 9.53 Å². The first-order chi connectivity index (χ1) is 21.1. The summed E-state index contributed by atoms with van der Waals surface area (Å²) in [6.07, 6.45) is -3.37. The van der Waals surface area contributed by atoms with E-state index in [9.17, 15) is 22.8 Å². The average molecular weight is 638 g/mol. The lowest BCUT2D eigenvalue weighted by molar-refractivity contribution is -0.140. The van der Waals surface area contributed by atoms with Crippen LogP contribution in [0, 0.1) is 0 Å². The van der Waals surface area contributed by atoms with Crippen molar-refractivity contribution in [3.8, 4) is 17.0 Å². The normalized spacial score (nSPS) is 15.3. The molecule has 3 aromatic carbocycles. The van der Waals surface area contributed by atoms with Crippen LogP contribution in [0.3, 0.4) is 0 Å². The standard InChI is InChI=1S/C32H23ClF3N3O4S/c1-3-43-30(41)25-27(18-9-11-19(33)12-10-18)39-29(40)24(44-31(39)38-28(25)32(34,35)36)16-22-21-15-20(42-2)13-14-23(21)37-26(22)17-7-5-4-6-8-17/h4-16,27,37H,3H2,1-2H3/b24-16-/t27-/m1/s1. The average Bonchev–Trinajstić information content (AvgIpc) is 3.53. The first-order valence-corrected chi connectivity index (χ1v) is 14.6. The topological polar surface area (TPSA) is 85.7 Å². The lowest BCUT2D eigenvalue weighted by Crippen LogP contribution is -2.41. The predicted octanol–water partition coefficient (Wildman–Crippen LogP) is 6.15. The number of hydrogen-bond donors (Lipinski definition) is 1. The molecule has 0 radical (unpaired) electrons. The van der Waals surface area contributed by atoms with Crippen molar-refractivity contribution < 1.29 is 27.4 Å². The Hall–Kier alpha value is -4.61. The Balaban J connectivity index is 1.67. The van der Waals surface area contributed by atoms with Crippen LogP contribution < -0.4 is 19.6 Å². The SMILES string of the molecule is CCOC(=O)C1=C(C(F)(F)F)N=c2s/c(=C\c3c(-c4ccccc4)[nH]c4ccc(OC)cc34)c(=O)n2[C@@H]1c1ccc(Cl)cc1. The van der Waals surface area contributed by atoms with Crippen LogP contribution in [-0.4, -0.2) is 35.4 Å². The Labute approximate surface area is 257 Å². The number of halogens is 4. The highest BCUT2D eigenvalue weighted by Crippen LogP contribution is 2.39. The molecule has 0 fully saturated rings. The molecule has 0 amide bonds. The number of methoxy groups -OCH3 is 1. The number of nitrogens with zero attached hydrogens (tertiary/aromatic N) is 2. The number of benzene rings is 3. The number of H-pyrrole nitrogens is 1. The van der Waals surface area contributed by atoms with Gasteiger partial charge in [0.15, 0.2) is 10.5 Å². The monoisotopic (exact) mass is 637 g/mol. The largest absolute Gasteiger partial charge is 0.497 e. The van der Waals surface area contributed by atoms with Gasteiger partial charge in [0.25, 0.3) is 5.56 Å². The number of rotatable bonds is 6. The predicted molar refractivity (Wildman–Crippen MR) is 163 cm³/mol. The molecule has 0 saturated heterocycles. The fourth-order valence-corrected chi connectivity index (χ4v) is 6.34. The molecule has 0 saturated carbocycles. The molecule has 5 aromatic rings. The third-order valence-corrected chi connectivity index (χ3v) is 8.40. The van der Waals surface area contributed by atoms with E-state index in [1.165, 1.54) is 31.2 Å². The number of hydrogen-bond acceptors (Lipinski definition) is 6. The maximum Gasteiger partial charge on any atom is 0.434 e. The molecule has 1 N–H and O–H groups in total. The van der Waals surface area contributed by atoms with Crippen molar-refractivity contribution in [2.45, 2.75) is 19.1 Å². The molecule has 3 heterocycles. The van der Waals surface area contributed by atoms with Crippen LogP contribution in [0.25, 0.3) is 28.2 Å². The van der Waals surface area contributed by atoms with Crippen molar-refractivity contribution in [1.29, 1.82) is 0 Å². The highest BCUT2D eigenvalue weighted by molar-refractivity contribution is 7.07. The van der Waals surface area contributed by atoms with Crippen LogP contribution in [0.5, 0.6) is 5.75 Å². The minimum absolute atomic E-state index is 0.121. The first kappa shape index (κ1) is 29.5. The van der Waals surface area contributed by atoms with Crippen LogP contribution >= 0.6 is 22.9 Å². The van der Waals surface area contributed by atoms with E-state index in [4.69, 9.17) is 21.1 Å². The quantitative estimate of drug-likeness (QED) is 0.226. The van der Waals surface area contributed by atoms with Crippen molar-refractivity contribution >= 4 is 45.9 Å². The summed E-state index contributed by atoms with van der Waals surface area (Å²) in [6, 6.07) is 19.4. The summed E-state index contributed by atoms with van der Waals surface area (Å²) in [5.74, 6) is -0.628. The van der Waals surface area contributed by atoms with Gasteiger partial charge in [0, 0.05) is 21.5 Å². The molecule has 2 aromatic heterocycles. The molecule has 7 nitrogen and oxygen atoms in total. The third kappa shape index (κ3) is 5.22. The lowest BCUT2D eigenvalue weighted by Gasteiger charge is -2.26. The number of carbonyl (C=O) groups excluding carboxylic acids is 1. The Morgan fingerprint density at radius 3 is 2.50 bits per heavy atom. The molecule has 44 heavy (non-hydrogen) atoms. The van der Waals surface area contributed by atoms with E-state index in [1.807, 2.05) is 42.5 Å². The van der Waals surface area contributed by atoms with Crippen LogP contribution in [0.2, 0.25) is 5.02 Å². The first-order valence-electron chi connectivity index (χ1n) is 13.4. The second-order valence-corrected chi connectivity index (χ2v) is 11.3. The number of alkyl halides is 3. The van der Waals surface area contributed by atoms with Gasteiger partial charge in [0.2, 0.25) is 0 Å². The number of nitrogens with one attached hydrogen (secondary N) is 1. The van der Waals surface area contributed by atoms with Gasteiger partial charge < -0.3 is 14.5 Å². The molecule has 12 heteroatoms. The number of aromatic nitrogens is 2. The van der Waals surface area contributed by atoms with Gasteiger partial charge in [-0.05, 0) is 54.5 Å². The molecule has 6 rings (SSSR count). The van der Waals surface area contributed by atoms with Crippen molar-refractivity contribution in [3.63, 3.8) is 0 Å². The van der Waals surface area contributed by atoms with Crippen molar-refractivity contribution in [3.05, 3.63) is 120 Å². The fourth-order valence-electron chi connectivity index (χ4n) is 5.23. The Bertz CT molecular complexity index is 2110. The van der Waals surface area contributed by atoms with Crippen LogP contribution in [0.1, 0.15) is 24.1 Å². The summed E-state index contributed by atoms with van der Waals surface area (Å²) in [5.41, 5.74) is 0.386. The van der Waals surface area contributed by atoms with Gasteiger partial charge in [-0.15, -0.1) is 0 Å². The number of carbonyl (C=O) groups is 1. The second kappa shape index (κ2) is 11.5. The molecular weight excluding hydrogens is 615 g/mol. The van der Waals surface area contributed by atoms with E-state index in [0.29, 0.717) is 22.0 Å². The molecule has 1 aliphatic rings. The summed E-state index contributed by atoms with van der Waals surface area (Å²) in [4.78, 5) is 34.3. The fraction of sp³-hybridized carbons (Fsp3) is 0.156. The zero-order valence-corrected chi connectivity index (χ0v) is 24.8. The van der Waals surface area contributed by atoms with Gasteiger partial charge >= 0.3 is 12.1 Å². The van der Waals surface area contributed by atoms with E-state index in [1.54, 1.807) is 19.3 Å². The van der Waals surface area contributed by atoms with E-state index >= 15 is 0 Å². The molecule has 1 atom stereocenters. The molecule has 224 valence electrons. The second-order valence-electron chi connectivity index (χ2n) is 9.81. The van der Waals surface area contributed by atoms with Crippen molar-refractivity contribution in [1.82, 2.24) is 9.55 Å². The summed E-state index contributed by atoms with van der Waals surface area (Å²) >= 11 is 6.87. The van der Waals surface area contributed by atoms with E-state index < -0.39 is 35.0 Å². The number of aromatic amines is 1. The van der Waals surface area contributed by atoms with Gasteiger partial charge in [-0.3, -0.25) is 9.36 Å². The number of esters is 1. The van der Waals surface area contributed by atoms with Gasteiger partial charge in [0.05, 0.1) is 35.6 Å². The summed E-state index contributed by atoms with van der Waals surface area (Å²) in [5, 5.41) is 1.08. The molecule has 0 aliphatic carbocycles. The number of ether oxygens (including phenoxy) is 2. The molecule has 0 bridgehead atoms. The Kier molecular flexibility index (Phi) is 7.68. The van der Waals surface area contributed by atoms with Crippen LogP contribution in [0.4, 0.5) is 13.2 Å². The van der Waals surface area contributed by atoms with E-state index in [2.05, 4.69) is 9.98 Å². The minimum Gasteiger partial charge on any atom is -0.497 e. The molecular formula is C32H23ClF3N3O4S. The van der Waals surface area contributed by atoms with Crippen molar-refractivity contribution in [2.24, 2.45) is 4.99 Å². The summed E-state index contributed by atoms with van der Waals surface area (Å²) in [6.45, 7) is 1.32. The van der Waals surface area contributed by atoms with E-state index in [0.717, 1.165) is 32.4 Å². The Morgan fingerprint density at radius 2 is 1.84 bits per heavy atom. The van der Waals surface area contributed by atoms with E-state index in [-0.39, 0.29) is 21.5 Å². The summed E-state index contributed by atoms with van der Waals surface area (Å²) < 4.78 is 55.1. The zero-order chi connectivity index (χ0) is 31.2. The number of allylic oxidation sites excluding steroid dienone is 1. The maximum atomic E-state index is 14.5.